The number of likely N-dealkylation sites (N-methyl/N-ethyl adjacent to an activating group) is 1. The molecule has 0 aromatic rings. The molecule has 1 saturated heterocycles. The molecule has 0 unspecified atom stereocenters. The summed E-state index contributed by atoms with van der Waals surface area (Å²) in [4.78, 5) is 13.4. The first kappa shape index (κ1) is 11.5. The summed E-state index contributed by atoms with van der Waals surface area (Å²) in [5.74, 6) is 0.391. The van der Waals surface area contributed by atoms with E-state index in [9.17, 15) is 9.90 Å². The Labute approximate surface area is 85.3 Å². The molecule has 0 spiro atoms. The van der Waals surface area contributed by atoms with Crippen molar-refractivity contribution in [3.63, 3.8) is 0 Å². The Hall–Kier alpha value is -0.610. The molecule has 1 aliphatic rings. The van der Waals surface area contributed by atoms with Crippen LogP contribution in [0.4, 0.5) is 0 Å². The molecule has 4 nitrogen and oxygen atoms in total. The lowest BCUT2D eigenvalue weighted by atomic mass is 9.93. The zero-order valence-corrected chi connectivity index (χ0v) is 8.99. The van der Waals surface area contributed by atoms with Gasteiger partial charge in [0, 0.05) is 19.0 Å². The van der Waals surface area contributed by atoms with E-state index in [-0.39, 0.29) is 17.9 Å². The van der Waals surface area contributed by atoms with Crippen molar-refractivity contribution in [3.8, 4) is 0 Å². The Morgan fingerprint density at radius 3 is 3.00 bits per heavy atom. The molecule has 82 valence electrons. The van der Waals surface area contributed by atoms with E-state index in [0.29, 0.717) is 13.1 Å². The van der Waals surface area contributed by atoms with Crippen molar-refractivity contribution in [2.75, 3.05) is 26.7 Å². The Balaban J connectivity index is 2.43. The third kappa shape index (κ3) is 2.96. The molecule has 14 heavy (non-hydrogen) atoms. The van der Waals surface area contributed by atoms with Gasteiger partial charge in [0.2, 0.25) is 5.91 Å². The van der Waals surface area contributed by atoms with Gasteiger partial charge < -0.3 is 15.3 Å². The monoisotopic (exact) mass is 200 g/mol. The SMILES string of the molecule is CNCC(=O)N1CCC[C@@H]([C@H](C)O)C1. The highest BCUT2D eigenvalue weighted by molar-refractivity contribution is 5.78. The van der Waals surface area contributed by atoms with Crippen LogP contribution in [0.5, 0.6) is 0 Å². The highest BCUT2D eigenvalue weighted by Crippen LogP contribution is 2.19. The number of aliphatic hydroxyl groups excluding tert-OH is 1. The quantitative estimate of drug-likeness (QED) is 0.665. The summed E-state index contributed by atoms with van der Waals surface area (Å²) < 4.78 is 0. The molecule has 4 heteroatoms. The van der Waals surface area contributed by atoms with Gasteiger partial charge in [0.25, 0.3) is 0 Å². The molecule has 1 fully saturated rings. The predicted octanol–water partition coefficient (Wildman–Crippen LogP) is -0.175. The molecule has 1 aliphatic heterocycles. The van der Waals surface area contributed by atoms with Gasteiger partial charge in [0.05, 0.1) is 12.6 Å². The molecule has 1 amide bonds. The second-order valence-electron chi connectivity index (χ2n) is 4.01. The average Bonchev–Trinajstić information content (AvgIpc) is 2.18. The molecule has 0 bridgehead atoms. The van der Waals surface area contributed by atoms with Crippen LogP contribution in [-0.4, -0.2) is 48.7 Å². The minimum Gasteiger partial charge on any atom is -0.393 e. The first-order chi connectivity index (χ1) is 6.65. The molecule has 0 aliphatic carbocycles. The standard InChI is InChI=1S/C10H20N2O2/c1-8(13)9-4-3-5-12(7-9)10(14)6-11-2/h8-9,11,13H,3-7H2,1-2H3/t8-,9+/m0/s1. The summed E-state index contributed by atoms with van der Waals surface area (Å²) in [5, 5.41) is 12.3. The van der Waals surface area contributed by atoms with E-state index in [1.54, 1.807) is 14.0 Å². The largest absolute Gasteiger partial charge is 0.393 e. The number of carbonyl (C=O) groups is 1. The van der Waals surface area contributed by atoms with Gasteiger partial charge in [-0.3, -0.25) is 4.79 Å². The van der Waals surface area contributed by atoms with Gasteiger partial charge in [-0.05, 0) is 26.8 Å². The minimum atomic E-state index is -0.305. The van der Waals surface area contributed by atoms with Crippen molar-refractivity contribution in [1.82, 2.24) is 10.2 Å². The van der Waals surface area contributed by atoms with Crippen molar-refractivity contribution in [3.05, 3.63) is 0 Å². The van der Waals surface area contributed by atoms with Crippen LogP contribution in [0.1, 0.15) is 19.8 Å². The maximum atomic E-state index is 11.5. The molecule has 0 saturated carbocycles. The third-order valence-corrected chi connectivity index (χ3v) is 2.82. The van der Waals surface area contributed by atoms with Crippen LogP contribution in [0.3, 0.4) is 0 Å². The van der Waals surface area contributed by atoms with E-state index in [1.165, 1.54) is 0 Å². The maximum Gasteiger partial charge on any atom is 0.236 e. The fourth-order valence-corrected chi connectivity index (χ4v) is 1.89. The number of carbonyl (C=O) groups excluding carboxylic acids is 1. The number of amides is 1. The third-order valence-electron chi connectivity index (χ3n) is 2.82. The second kappa shape index (κ2) is 5.32. The summed E-state index contributed by atoms with van der Waals surface area (Å²) in [7, 11) is 1.77. The number of nitrogens with zero attached hydrogens (tertiary/aromatic N) is 1. The normalized spacial score (nSPS) is 24.8. The summed E-state index contributed by atoms with van der Waals surface area (Å²) in [5.41, 5.74) is 0. The summed E-state index contributed by atoms with van der Waals surface area (Å²) >= 11 is 0. The van der Waals surface area contributed by atoms with Crippen LogP contribution in [0.25, 0.3) is 0 Å². The van der Waals surface area contributed by atoms with Crippen LogP contribution >= 0.6 is 0 Å². The van der Waals surface area contributed by atoms with Crippen LogP contribution < -0.4 is 5.32 Å². The van der Waals surface area contributed by atoms with Gasteiger partial charge in [-0.15, -0.1) is 0 Å². The Morgan fingerprint density at radius 1 is 1.71 bits per heavy atom. The smallest absolute Gasteiger partial charge is 0.236 e. The number of aliphatic hydroxyl groups is 1. The van der Waals surface area contributed by atoms with E-state index >= 15 is 0 Å². The van der Waals surface area contributed by atoms with E-state index in [1.807, 2.05) is 4.90 Å². The van der Waals surface area contributed by atoms with E-state index < -0.39 is 0 Å². The molecule has 1 heterocycles. The van der Waals surface area contributed by atoms with Gasteiger partial charge in [-0.25, -0.2) is 0 Å². The minimum absolute atomic E-state index is 0.137. The van der Waals surface area contributed by atoms with Gasteiger partial charge in [0.15, 0.2) is 0 Å². The summed E-state index contributed by atoms with van der Waals surface area (Å²) in [6, 6.07) is 0. The maximum absolute atomic E-state index is 11.5. The zero-order valence-electron chi connectivity index (χ0n) is 8.99. The molecule has 1 rings (SSSR count). The lowest BCUT2D eigenvalue weighted by Gasteiger charge is -2.34. The Kier molecular flexibility index (Phi) is 4.35. The number of hydrogen-bond donors (Lipinski definition) is 2. The van der Waals surface area contributed by atoms with Crippen molar-refractivity contribution < 1.29 is 9.90 Å². The second-order valence-corrected chi connectivity index (χ2v) is 4.01. The lowest BCUT2D eigenvalue weighted by Crippen LogP contribution is -2.45. The molecule has 2 N–H and O–H groups in total. The fourth-order valence-electron chi connectivity index (χ4n) is 1.89. The Bertz CT molecular complexity index is 195. The van der Waals surface area contributed by atoms with Crippen molar-refractivity contribution >= 4 is 5.91 Å². The fraction of sp³-hybridized carbons (Fsp3) is 0.900. The topological polar surface area (TPSA) is 52.6 Å². The first-order valence-corrected chi connectivity index (χ1v) is 5.25. The highest BCUT2D eigenvalue weighted by atomic mass is 16.3. The van der Waals surface area contributed by atoms with E-state index in [2.05, 4.69) is 5.32 Å². The van der Waals surface area contributed by atoms with Gasteiger partial charge in [0.1, 0.15) is 0 Å². The van der Waals surface area contributed by atoms with Gasteiger partial charge >= 0.3 is 0 Å². The first-order valence-electron chi connectivity index (χ1n) is 5.25. The highest BCUT2D eigenvalue weighted by Gasteiger charge is 2.25. The van der Waals surface area contributed by atoms with Crippen LogP contribution in [-0.2, 0) is 4.79 Å². The number of hydrogen-bond acceptors (Lipinski definition) is 3. The van der Waals surface area contributed by atoms with Crippen LogP contribution in [0.15, 0.2) is 0 Å². The zero-order chi connectivity index (χ0) is 10.6. The molecular weight excluding hydrogens is 180 g/mol. The van der Waals surface area contributed by atoms with E-state index in [4.69, 9.17) is 0 Å². The number of piperidine rings is 1. The molecule has 0 aromatic carbocycles. The number of nitrogens with one attached hydrogen (secondary N) is 1. The van der Waals surface area contributed by atoms with Crippen LogP contribution in [0, 0.1) is 5.92 Å². The summed E-state index contributed by atoms with van der Waals surface area (Å²) in [6.45, 7) is 3.74. The van der Waals surface area contributed by atoms with Crippen molar-refractivity contribution in [2.45, 2.75) is 25.9 Å². The molecule has 0 aromatic heterocycles. The average molecular weight is 200 g/mol. The lowest BCUT2D eigenvalue weighted by molar-refractivity contribution is -0.132. The number of rotatable bonds is 3. The van der Waals surface area contributed by atoms with Gasteiger partial charge in [-0.1, -0.05) is 0 Å². The summed E-state index contributed by atoms with van der Waals surface area (Å²) in [6.07, 6.45) is 1.73. The molecule has 0 radical (unpaired) electrons. The van der Waals surface area contributed by atoms with Crippen molar-refractivity contribution in [1.29, 1.82) is 0 Å². The molecule has 2 atom stereocenters. The van der Waals surface area contributed by atoms with Crippen LogP contribution in [0.2, 0.25) is 0 Å². The predicted molar refractivity (Wildman–Crippen MR) is 54.9 cm³/mol. The number of likely N-dealkylation sites (tertiary alicyclic amines) is 1. The van der Waals surface area contributed by atoms with Gasteiger partial charge in [-0.2, -0.15) is 0 Å². The van der Waals surface area contributed by atoms with Crippen molar-refractivity contribution in [2.24, 2.45) is 5.92 Å². The Morgan fingerprint density at radius 2 is 2.43 bits per heavy atom. The molecular formula is C10H20N2O2. The van der Waals surface area contributed by atoms with E-state index in [0.717, 1.165) is 19.4 Å².